The molecule has 0 aliphatic heterocycles. The minimum absolute atomic E-state index is 0.0630. The average Bonchev–Trinajstić information content (AvgIpc) is 2.92. The molecular formula is C16H21N3O2. The molecule has 4 N–H and O–H groups in total. The summed E-state index contributed by atoms with van der Waals surface area (Å²) in [7, 11) is 0. The zero-order valence-corrected chi connectivity index (χ0v) is 12.0. The van der Waals surface area contributed by atoms with Gasteiger partial charge in [0.1, 0.15) is 0 Å². The van der Waals surface area contributed by atoms with Crippen LogP contribution in [0.4, 0.5) is 5.69 Å². The molecule has 0 radical (unpaired) electrons. The third-order valence-corrected chi connectivity index (χ3v) is 3.68. The van der Waals surface area contributed by atoms with Gasteiger partial charge in [0.15, 0.2) is 0 Å². The third-order valence-electron chi connectivity index (χ3n) is 3.68. The minimum Gasteiger partial charge on any atom is -0.349 e. The first kappa shape index (κ1) is 15.3. The number of hydrogen-bond acceptors (Lipinski definition) is 3. The SMILES string of the molecule is C=CCNC(=O)c1ccccc1NC(=O)C1CCC(N)C1. The highest BCUT2D eigenvalue weighted by Gasteiger charge is 2.28. The fraction of sp³-hybridized carbons (Fsp3) is 0.375. The van der Waals surface area contributed by atoms with Gasteiger partial charge in [-0.1, -0.05) is 18.2 Å². The molecule has 5 nitrogen and oxygen atoms in total. The van der Waals surface area contributed by atoms with Crippen molar-refractivity contribution in [2.24, 2.45) is 11.7 Å². The number of nitrogens with one attached hydrogen (secondary N) is 2. The first-order chi connectivity index (χ1) is 10.1. The molecule has 2 rings (SSSR count). The number of rotatable bonds is 5. The van der Waals surface area contributed by atoms with Gasteiger partial charge in [0.05, 0.1) is 11.3 Å². The lowest BCUT2D eigenvalue weighted by Crippen LogP contribution is -2.27. The molecular weight excluding hydrogens is 266 g/mol. The minimum atomic E-state index is -0.228. The highest BCUT2D eigenvalue weighted by Crippen LogP contribution is 2.26. The van der Waals surface area contributed by atoms with Crippen LogP contribution in [-0.2, 0) is 4.79 Å². The molecule has 1 aromatic carbocycles. The lowest BCUT2D eigenvalue weighted by Gasteiger charge is -2.14. The van der Waals surface area contributed by atoms with E-state index in [1.54, 1.807) is 30.3 Å². The van der Waals surface area contributed by atoms with Crippen molar-refractivity contribution in [2.75, 3.05) is 11.9 Å². The molecule has 2 amide bonds. The van der Waals surface area contributed by atoms with E-state index in [1.807, 2.05) is 0 Å². The van der Waals surface area contributed by atoms with Gasteiger partial charge in [0, 0.05) is 18.5 Å². The van der Waals surface area contributed by atoms with Crippen molar-refractivity contribution in [3.63, 3.8) is 0 Å². The third kappa shape index (κ3) is 3.92. The van der Waals surface area contributed by atoms with Crippen LogP contribution in [-0.4, -0.2) is 24.4 Å². The van der Waals surface area contributed by atoms with Gasteiger partial charge in [-0.05, 0) is 31.4 Å². The second-order valence-electron chi connectivity index (χ2n) is 5.30. The van der Waals surface area contributed by atoms with Crippen molar-refractivity contribution in [2.45, 2.75) is 25.3 Å². The van der Waals surface area contributed by atoms with Crippen LogP contribution in [0.2, 0.25) is 0 Å². The van der Waals surface area contributed by atoms with E-state index in [-0.39, 0.29) is 23.8 Å². The van der Waals surface area contributed by atoms with Crippen molar-refractivity contribution in [1.29, 1.82) is 0 Å². The molecule has 1 aliphatic rings. The Bertz CT molecular complexity index is 542. The molecule has 112 valence electrons. The van der Waals surface area contributed by atoms with Gasteiger partial charge in [0.2, 0.25) is 5.91 Å². The average molecular weight is 287 g/mol. The predicted molar refractivity (Wildman–Crippen MR) is 82.9 cm³/mol. The molecule has 1 saturated carbocycles. The van der Waals surface area contributed by atoms with Crippen LogP contribution in [0, 0.1) is 5.92 Å². The van der Waals surface area contributed by atoms with Crippen LogP contribution >= 0.6 is 0 Å². The van der Waals surface area contributed by atoms with Gasteiger partial charge in [-0.25, -0.2) is 0 Å². The Hall–Kier alpha value is -2.14. The van der Waals surface area contributed by atoms with Crippen LogP contribution in [0.15, 0.2) is 36.9 Å². The summed E-state index contributed by atoms with van der Waals surface area (Å²) < 4.78 is 0. The van der Waals surface area contributed by atoms with E-state index in [4.69, 9.17) is 5.73 Å². The summed E-state index contributed by atoms with van der Waals surface area (Å²) in [5, 5.41) is 5.56. The van der Waals surface area contributed by atoms with E-state index in [1.165, 1.54) is 0 Å². The molecule has 0 aromatic heterocycles. The number of amides is 2. The second-order valence-corrected chi connectivity index (χ2v) is 5.30. The lowest BCUT2D eigenvalue weighted by molar-refractivity contribution is -0.119. The maximum absolute atomic E-state index is 12.2. The fourth-order valence-electron chi connectivity index (χ4n) is 2.54. The molecule has 1 aliphatic carbocycles. The van der Waals surface area contributed by atoms with E-state index in [0.717, 1.165) is 12.8 Å². The molecule has 0 saturated heterocycles. The lowest BCUT2D eigenvalue weighted by atomic mass is 10.1. The van der Waals surface area contributed by atoms with Crippen LogP contribution in [0.1, 0.15) is 29.6 Å². The zero-order valence-electron chi connectivity index (χ0n) is 12.0. The number of anilines is 1. The largest absolute Gasteiger partial charge is 0.349 e. The topological polar surface area (TPSA) is 84.2 Å². The van der Waals surface area contributed by atoms with E-state index in [2.05, 4.69) is 17.2 Å². The van der Waals surface area contributed by atoms with Gasteiger partial charge in [-0.3, -0.25) is 9.59 Å². The Morgan fingerprint density at radius 1 is 1.33 bits per heavy atom. The Balaban J connectivity index is 2.07. The van der Waals surface area contributed by atoms with Crippen LogP contribution in [0.5, 0.6) is 0 Å². The van der Waals surface area contributed by atoms with Gasteiger partial charge in [-0.2, -0.15) is 0 Å². The summed E-state index contributed by atoms with van der Waals surface area (Å²) in [5.41, 5.74) is 6.82. The van der Waals surface area contributed by atoms with Gasteiger partial charge < -0.3 is 16.4 Å². The molecule has 0 heterocycles. The Kier molecular flexibility index (Phi) is 5.11. The molecule has 5 heteroatoms. The summed E-state index contributed by atoms with van der Waals surface area (Å²) in [6.45, 7) is 3.95. The Morgan fingerprint density at radius 2 is 2.10 bits per heavy atom. The summed E-state index contributed by atoms with van der Waals surface area (Å²) in [5.74, 6) is -0.356. The summed E-state index contributed by atoms with van der Waals surface area (Å²) in [6, 6.07) is 7.08. The summed E-state index contributed by atoms with van der Waals surface area (Å²) in [6.07, 6.45) is 3.99. The van der Waals surface area contributed by atoms with E-state index < -0.39 is 0 Å². The van der Waals surface area contributed by atoms with E-state index in [9.17, 15) is 9.59 Å². The summed E-state index contributed by atoms with van der Waals surface area (Å²) in [4.78, 5) is 24.3. The number of benzene rings is 1. The molecule has 2 unspecified atom stereocenters. The molecule has 21 heavy (non-hydrogen) atoms. The van der Waals surface area contributed by atoms with Crippen LogP contribution < -0.4 is 16.4 Å². The zero-order chi connectivity index (χ0) is 15.2. The van der Waals surface area contributed by atoms with Crippen molar-refractivity contribution in [1.82, 2.24) is 5.32 Å². The molecule has 1 fully saturated rings. The first-order valence-electron chi connectivity index (χ1n) is 7.16. The summed E-state index contributed by atoms with van der Waals surface area (Å²) >= 11 is 0. The molecule has 1 aromatic rings. The Labute approximate surface area is 124 Å². The molecule has 0 spiro atoms. The molecule has 2 atom stereocenters. The van der Waals surface area contributed by atoms with Gasteiger partial charge in [0.25, 0.3) is 5.91 Å². The van der Waals surface area contributed by atoms with Crippen LogP contribution in [0.3, 0.4) is 0 Å². The second kappa shape index (κ2) is 7.04. The fourth-order valence-corrected chi connectivity index (χ4v) is 2.54. The van der Waals surface area contributed by atoms with Gasteiger partial charge >= 0.3 is 0 Å². The Morgan fingerprint density at radius 3 is 2.76 bits per heavy atom. The maximum Gasteiger partial charge on any atom is 0.253 e. The predicted octanol–water partition coefficient (Wildman–Crippen LogP) is 1.67. The number of hydrogen-bond donors (Lipinski definition) is 3. The van der Waals surface area contributed by atoms with E-state index >= 15 is 0 Å². The van der Waals surface area contributed by atoms with Crippen molar-refractivity contribution in [3.8, 4) is 0 Å². The highest BCUT2D eigenvalue weighted by atomic mass is 16.2. The normalized spacial score (nSPS) is 20.8. The monoisotopic (exact) mass is 287 g/mol. The van der Waals surface area contributed by atoms with Gasteiger partial charge in [-0.15, -0.1) is 6.58 Å². The standard InChI is InChI=1S/C16H21N3O2/c1-2-9-18-16(21)13-5-3-4-6-14(13)19-15(20)11-7-8-12(17)10-11/h2-6,11-12H,1,7-10,17H2,(H,18,21)(H,19,20). The van der Waals surface area contributed by atoms with Crippen molar-refractivity contribution < 1.29 is 9.59 Å². The quantitative estimate of drug-likeness (QED) is 0.720. The highest BCUT2D eigenvalue weighted by molar-refractivity contribution is 6.04. The number of nitrogens with two attached hydrogens (primary N) is 1. The number of carbonyl (C=O) groups is 2. The number of carbonyl (C=O) groups excluding carboxylic acids is 2. The first-order valence-corrected chi connectivity index (χ1v) is 7.16. The molecule has 0 bridgehead atoms. The van der Waals surface area contributed by atoms with Crippen molar-refractivity contribution in [3.05, 3.63) is 42.5 Å². The number of para-hydroxylation sites is 1. The smallest absolute Gasteiger partial charge is 0.253 e. The maximum atomic E-state index is 12.2. The van der Waals surface area contributed by atoms with E-state index in [0.29, 0.717) is 24.2 Å². The van der Waals surface area contributed by atoms with Crippen LogP contribution in [0.25, 0.3) is 0 Å². The van der Waals surface area contributed by atoms with Crippen molar-refractivity contribution >= 4 is 17.5 Å².